The van der Waals surface area contributed by atoms with Crippen LogP contribution in [0, 0.1) is 0 Å². The van der Waals surface area contributed by atoms with E-state index in [9.17, 15) is 9.59 Å². The normalized spacial score (nSPS) is 11.0. The topological polar surface area (TPSA) is 80.2 Å². The maximum atomic E-state index is 11.9. The smallest absolute Gasteiger partial charge is 0.277 e. The van der Waals surface area contributed by atoms with Crippen LogP contribution in [0.4, 0.5) is 0 Å². The number of benzene rings is 2. The molecule has 29 heavy (non-hydrogen) atoms. The minimum atomic E-state index is -0.342. The van der Waals surface area contributed by atoms with Gasteiger partial charge in [-0.25, -0.2) is 5.43 Å². The van der Waals surface area contributed by atoms with E-state index in [1.54, 1.807) is 33.2 Å². The van der Waals surface area contributed by atoms with Crippen molar-refractivity contribution in [2.24, 2.45) is 5.10 Å². The summed E-state index contributed by atoms with van der Waals surface area (Å²) in [5, 5.41) is 4.10. The zero-order valence-corrected chi connectivity index (χ0v) is 17.3. The molecular weight excluding hydrogens is 370 g/mol. The highest BCUT2D eigenvalue weighted by Crippen LogP contribution is 2.13. The molecule has 1 N–H and O–H groups in total. The molecule has 0 heterocycles. The van der Waals surface area contributed by atoms with Crippen molar-refractivity contribution in [2.75, 3.05) is 27.3 Å². The van der Waals surface area contributed by atoms with Gasteiger partial charge in [-0.3, -0.25) is 9.59 Å². The van der Waals surface area contributed by atoms with E-state index in [0.717, 1.165) is 12.0 Å². The quantitative estimate of drug-likeness (QED) is 0.521. The largest absolute Gasteiger partial charge is 0.484 e. The van der Waals surface area contributed by atoms with Crippen molar-refractivity contribution >= 4 is 17.5 Å². The van der Waals surface area contributed by atoms with Crippen LogP contribution in [0.15, 0.2) is 53.6 Å². The van der Waals surface area contributed by atoms with Gasteiger partial charge in [0.25, 0.3) is 11.8 Å². The molecule has 0 aromatic heterocycles. The molecule has 0 bridgehead atoms. The fourth-order valence-corrected chi connectivity index (χ4v) is 2.28. The number of hydrogen-bond donors (Lipinski definition) is 1. The van der Waals surface area contributed by atoms with Gasteiger partial charge >= 0.3 is 0 Å². The Labute approximate surface area is 171 Å². The highest BCUT2D eigenvalue weighted by molar-refractivity contribution is 5.99. The zero-order valence-electron chi connectivity index (χ0n) is 17.3. The highest BCUT2D eigenvalue weighted by Gasteiger charge is 2.06. The van der Waals surface area contributed by atoms with E-state index >= 15 is 0 Å². The Hall–Kier alpha value is -3.35. The number of amides is 2. The Morgan fingerprint density at radius 1 is 0.931 bits per heavy atom. The third-order valence-corrected chi connectivity index (χ3v) is 4.18. The summed E-state index contributed by atoms with van der Waals surface area (Å²) < 4.78 is 10.9. The van der Waals surface area contributed by atoms with Crippen LogP contribution in [0.5, 0.6) is 11.5 Å². The lowest BCUT2D eigenvalue weighted by Gasteiger charge is -2.11. The number of hydrazone groups is 1. The Kier molecular flexibility index (Phi) is 8.21. The summed E-state index contributed by atoms with van der Waals surface area (Å²) in [7, 11) is 3.35. The molecule has 0 unspecified atom stereocenters. The lowest BCUT2D eigenvalue weighted by molar-refractivity contribution is -0.130. The van der Waals surface area contributed by atoms with Gasteiger partial charge in [-0.1, -0.05) is 19.1 Å². The van der Waals surface area contributed by atoms with Crippen molar-refractivity contribution in [3.05, 3.63) is 59.7 Å². The van der Waals surface area contributed by atoms with E-state index in [4.69, 9.17) is 9.47 Å². The van der Waals surface area contributed by atoms with Gasteiger partial charge in [-0.2, -0.15) is 5.10 Å². The van der Waals surface area contributed by atoms with Crippen molar-refractivity contribution < 1.29 is 19.1 Å². The molecule has 7 heteroatoms. The van der Waals surface area contributed by atoms with Gasteiger partial charge in [0, 0.05) is 14.1 Å². The molecule has 0 saturated heterocycles. The Balaban J connectivity index is 1.81. The van der Waals surface area contributed by atoms with Crippen LogP contribution in [-0.2, 0) is 16.0 Å². The molecule has 0 radical (unpaired) electrons. The third kappa shape index (κ3) is 7.29. The van der Waals surface area contributed by atoms with Gasteiger partial charge in [0.05, 0.1) is 5.71 Å². The van der Waals surface area contributed by atoms with Crippen LogP contribution in [0.2, 0.25) is 0 Å². The molecule has 2 amide bonds. The number of rotatable bonds is 9. The van der Waals surface area contributed by atoms with Gasteiger partial charge in [0.15, 0.2) is 13.2 Å². The average Bonchev–Trinajstić information content (AvgIpc) is 2.74. The van der Waals surface area contributed by atoms with Crippen LogP contribution < -0.4 is 14.9 Å². The first-order valence-electron chi connectivity index (χ1n) is 9.37. The number of aryl methyl sites for hydroxylation is 1. The molecule has 2 rings (SSSR count). The first-order chi connectivity index (χ1) is 13.9. The number of ether oxygens (including phenoxy) is 2. The van der Waals surface area contributed by atoms with Crippen LogP contribution in [0.25, 0.3) is 0 Å². The SMILES string of the molecule is CCc1ccc(OCC(=O)N/N=C(/C)c2ccc(OCC(=O)N(C)C)cc2)cc1. The first kappa shape index (κ1) is 21.9. The molecule has 154 valence electrons. The lowest BCUT2D eigenvalue weighted by atomic mass is 10.1. The van der Waals surface area contributed by atoms with E-state index in [1.165, 1.54) is 10.5 Å². The molecule has 0 aliphatic heterocycles. The predicted molar refractivity (Wildman–Crippen MR) is 112 cm³/mol. The van der Waals surface area contributed by atoms with Gasteiger partial charge < -0.3 is 14.4 Å². The van der Waals surface area contributed by atoms with Crippen molar-refractivity contribution in [1.82, 2.24) is 10.3 Å². The van der Waals surface area contributed by atoms with Gasteiger partial charge in [-0.05, 0) is 60.9 Å². The lowest BCUT2D eigenvalue weighted by Crippen LogP contribution is -2.27. The third-order valence-electron chi connectivity index (χ3n) is 4.18. The summed E-state index contributed by atoms with van der Waals surface area (Å²) in [6.07, 6.45) is 0.954. The van der Waals surface area contributed by atoms with Crippen LogP contribution >= 0.6 is 0 Å². The van der Waals surface area contributed by atoms with Gasteiger partial charge in [0.2, 0.25) is 0 Å². The number of nitrogens with zero attached hydrogens (tertiary/aromatic N) is 2. The van der Waals surface area contributed by atoms with E-state index < -0.39 is 0 Å². The monoisotopic (exact) mass is 397 g/mol. The van der Waals surface area contributed by atoms with Crippen LogP contribution in [0.3, 0.4) is 0 Å². The number of carbonyl (C=O) groups is 2. The molecule has 0 atom stereocenters. The van der Waals surface area contributed by atoms with Crippen molar-refractivity contribution in [1.29, 1.82) is 0 Å². The highest BCUT2D eigenvalue weighted by atomic mass is 16.5. The van der Waals surface area contributed by atoms with Crippen LogP contribution in [0.1, 0.15) is 25.0 Å². The van der Waals surface area contributed by atoms with E-state index in [1.807, 2.05) is 36.4 Å². The Morgan fingerprint density at radius 2 is 1.48 bits per heavy atom. The minimum Gasteiger partial charge on any atom is -0.484 e. The fraction of sp³-hybridized carbons (Fsp3) is 0.318. The molecule has 2 aromatic carbocycles. The maximum Gasteiger partial charge on any atom is 0.277 e. The second-order valence-corrected chi connectivity index (χ2v) is 6.62. The summed E-state index contributed by atoms with van der Waals surface area (Å²) >= 11 is 0. The molecule has 0 spiro atoms. The summed E-state index contributed by atoms with van der Waals surface area (Å²) in [6.45, 7) is 3.73. The molecule has 0 aliphatic rings. The second-order valence-electron chi connectivity index (χ2n) is 6.62. The second kappa shape index (κ2) is 10.8. The molecule has 7 nitrogen and oxygen atoms in total. The van der Waals surface area contributed by atoms with E-state index in [2.05, 4.69) is 17.5 Å². The Bertz CT molecular complexity index is 843. The number of nitrogens with one attached hydrogen (secondary N) is 1. The van der Waals surface area contributed by atoms with Crippen molar-refractivity contribution in [3.63, 3.8) is 0 Å². The number of likely N-dealkylation sites (N-methyl/N-ethyl adjacent to an activating group) is 1. The average molecular weight is 397 g/mol. The molecule has 0 fully saturated rings. The molecule has 0 aliphatic carbocycles. The standard InChI is InChI=1S/C22H27N3O4/c1-5-17-6-10-19(11-7-17)28-14-21(26)24-23-16(2)18-8-12-20(13-9-18)29-15-22(27)25(3)4/h6-13H,5,14-15H2,1-4H3,(H,24,26)/b23-16-. The van der Waals surface area contributed by atoms with Gasteiger partial charge in [0.1, 0.15) is 11.5 Å². The fourth-order valence-electron chi connectivity index (χ4n) is 2.28. The van der Waals surface area contributed by atoms with E-state index in [0.29, 0.717) is 17.2 Å². The molecule has 0 saturated carbocycles. The summed E-state index contributed by atoms with van der Waals surface area (Å²) in [6, 6.07) is 14.8. The maximum absolute atomic E-state index is 11.9. The summed E-state index contributed by atoms with van der Waals surface area (Å²) in [5.74, 6) is 0.772. The van der Waals surface area contributed by atoms with Crippen molar-refractivity contribution in [3.8, 4) is 11.5 Å². The zero-order chi connectivity index (χ0) is 21.2. The molecular formula is C22H27N3O4. The first-order valence-corrected chi connectivity index (χ1v) is 9.37. The number of hydrogen-bond acceptors (Lipinski definition) is 5. The van der Waals surface area contributed by atoms with Gasteiger partial charge in [-0.15, -0.1) is 0 Å². The summed E-state index contributed by atoms with van der Waals surface area (Å²) in [4.78, 5) is 24.9. The Morgan fingerprint density at radius 3 is 2.03 bits per heavy atom. The van der Waals surface area contributed by atoms with Crippen LogP contribution in [-0.4, -0.2) is 49.7 Å². The molecule has 2 aromatic rings. The predicted octanol–water partition coefficient (Wildman–Crippen LogP) is 2.64. The van der Waals surface area contributed by atoms with E-state index in [-0.39, 0.29) is 25.0 Å². The summed E-state index contributed by atoms with van der Waals surface area (Å²) in [5.41, 5.74) is 5.16. The number of carbonyl (C=O) groups excluding carboxylic acids is 2. The van der Waals surface area contributed by atoms with Crippen molar-refractivity contribution in [2.45, 2.75) is 20.3 Å². The minimum absolute atomic E-state index is 0.0172.